The Labute approximate surface area is 516 Å². The molecular weight excluding hydrogens is 1220 g/mol. The zero-order chi connectivity index (χ0) is 65.7. The van der Waals surface area contributed by atoms with E-state index in [4.69, 9.17) is 66.3 Å². The van der Waals surface area contributed by atoms with E-state index in [1.807, 2.05) is 0 Å². The van der Waals surface area contributed by atoms with Crippen LogP contribution >= 0.6 is 0 Å². The molecule has 91 heavy (non-hydrogen) atoms. The van der Waals surface area contributed by atoms with Crippen LogP contribution in [-0.2, 0) is 47.5 Å². The summed E-state index contributed by atoms with van der Waals surface area (Å²) >= 11 is 0. The first kappa shape index (κ1) is 67.7. The van der Waals surface area contributed by atoms with Gasteiger partial charge in [0.1, 0.15) is 121 Å². The van der Waals surface area contributed by atoms with Crippen molar-refractivity contribution in [1.82, 2.24) is 0 Å². The summed E-state index contributed by atoms with van der Waals surface area (Å²) in [6.45, 7) is -0.658. The molecule has 5 aliphatic heterocycles. The van der Waals surface area contributed by atoms with Gasteiger partial charge in [-0.15, -0.1) is 0 Å². The molecule has 4 fully saturated rings. The molecule has 31 heteroatoms. The van der Waals surface area contributed by atoms with Crippen molar-refractivity contribution in [2.75, 3.05) is 41.2 Å². The average molecular weight is 1290 g/mol. The highest BCUT2D eigenvalue weighted by Gasteiger charge is 2.51. The quantitative estimate of drug-likeness (QED) is 0.0313. The van der Waals surface area contributed by atoms with Gasteiger partial charge in [0.25, 0.3) is 0 Å². The number of hydrogen-bond donors (Lipinski definition) is 15. The van der Waals surface area contributed by atoms with Crippen molar-refractivity contribution >= 4 is 30.2 Å². The highest BCUT2D eigenvalue weighted by Crippen LogP contribution is 2.48. The Morgan fingerprint density at radius 1 is 0.527 bits per heavy atom. The van der Waals surface area contributed by atoms with Crippen molar-refractivity contribution in [1.29, 1.82) is 0 Å². The zero-order valence-corrected chi connectivity index (χ0v) is 48.7. The second kappa shape index (κ2) is 29.3. The van der Waals surface area contributed by atoms with Crippen molar-refractivity contribution in [3.05, 3.63) is 107 Å². The van der Waals surface area contributed by atoms with Crippen LogP contribution in [0, 0.1) is 0 Å². The molecular formula is C60H70O31. The summed E-state index contributed by atoms with van der Waals surface area (Å²) in [4.78, 5) is 25.6. The minimum atomic E-state index is -2.02. The summed E-state index contributed by atoms with van der Waals surface area (Å²) in [5.41, 5.74) is 1.03. The SMILES string of the molecule is COc1cc(/C=C/C(=O)OC[C@H]2O[C@@H](Oc3ccc(/C=C/C(=O)O[C@@H]4[C@@H](O)[C@H](O)[C@H](OC[C@H]5O[C@@H](OC6=Cc7c(cc(O)cc7O[C@@H]7O[C@H](CO)[C@H](O)[C@H](O)[C@H]7O)OC6c6cc(OC)c(O)c(OC)c6)[C@H](O)[C@H](O)[C@H]5O)O[C@@H]4C)cc3)[C@H](O)[C@@H](O)[C@H]2O)ccc1O. The van der Waals surface area contributed by atoms with Gasteiger partial charge in [0, 0.05) is 29.8 Å². The lowest BCUT2D eigenvalue weighted by Gasteiger charge is -2.43. The van der Waals surface area contributed by atoms with E-state index in [-0.39, 0.29) is 57.1 Å². The fourth-order valence-electron chi connectivity index (χ4n) is 10.2. The summed E-state index contributed by atoms with van der Waals surface area (Å²) in [6.07, 6.45) is -29.5. The molecule has 4 aromatic carbocycles. The summed E-state index contributed by atoms with van der Waals surface area (Å²) in [6, 6.07) is 15.1. The van der Waals surface area contributed by atoms with Gasteiger partial charge in [-0.1, -0.05) is 18.2 Å². The van der Waals surface area contributed by atoms with Crippen LogP contribution < -0.4 is 28.4 Å². The van der Waals surface area contributed by atoms with Gasteiger partial charge in [-0.3, -0.25) is 0 Å². The highest BCUT2D eigenvalue weighted by molar-refractivity contribution is 5.88. The van der Waals surface area contributed by atoms with Crippen LogP contribution in [0.4, 0.5) is 0 Å². The van der Waals surface area contributed by atoms with E-state index < -0.39 is 172 Å². The molecule has 0 aliphatic carbocycles. The number of ether oxygens (including phenoxy) is 14. The number of methoxy groups -OCH3 is 3. The number of aromatic hydroxyl groups is 3. The van der Waals surface area contributed by atoms with Crippen molar-refractivity contribution in [2.24, 2.45) is 0 Å². The van der Waals surface area contributed by atoms with Gasteiger partial charge in [-0.25, -0.2) is 9.59 Å². The molecule has 15 N–H and O–H groups in total. The maximum Gasteiger partial charge on any atom is 0.331 e. The van der Waals surface area contributed by atoms with Crippen LogP contribution in [-0.4, -0.2) is 253 Å². The average Bonchev–Trinajstić information content (AvgIpc) is 0.794. The van der Waals surface area contributed by atoms with E-state index >= 15 is 0 Å². The van der Waals surface area contributed by atoms with E-state index in [2.05, 4.69) is 0 Å². The number of phenolic OH excluding ortho intramolecular Hbond substituents is 3. The lowest BCUT2D eigenvalue weighted by molar-refractivity contribution is -0.325. The number of hydrogen-bond acceptors (Lipinski definition) is 31. The number of esters is 2. The molecule has 31 nitrogen and oxygen atoms in total. The summed E-state index contributed by atoms with van der Waals surface area (Å²) in [5, 5.41) is 161. The molecule has 0 aromatic heterocycles. The van der Waals surface area contributed by atoms with Gasteiger partial charge in [0.15, 0.2) is 41.5 Å². The van der Waals surface area contributed by atoms with Gasteiger partial charge in [0.2, 0.25) is 24.6 Å². The number of aliphatic hydroxyl groups excluding tert-OH is 12. The Hall–Kier alpha value is -7.64. The maximum absolute atomic E-state index is 13.1. The number of aliphatic hydroxyl groups is 12. The van der Waals surface area contributed by atoms with Crippen LogP contribution in [0.15, 0.2) is 84.6 Å². The monoisotopic (exact) mass is 1290 g/mol. The van der Waals surface area contributed by atoms with E-state index in [9.17, 15) is 86.2 Å². The molecule has 496 valence electrons. The molecule has 5 aliphatic rings. The third kappa shape index (κ3) is 15.2. The van der Waals surface area contributed by atoms with E-state index in [1.54, 1.807) is 0 Å². The molecule has 0 saturated carbocycles. The Balaban J connectivity index is 0.812. The Morgan fingerprint density at radius 2 is 1.07 bits per heavy atom. The van der Waals surface area contributed by atoms with Crippen LogP contribution in [0.1, 0.15) is 35.3 Å². The maximum atomic E-state index is 13.1. The summed E-state index contributed by atoms with van der Waals surface area (Å²) < 4.78 is 79.4. The smallest absolute Gasteiger partial charge is 0.331 e. The normalized spacial score (nSPS) is 33.2. The van der Waals surface area contributed by atoms with Gasteiger partial charge >= 0.3 is 11.9 Å². The Bertz CT molecular complexity index is 3220. The summed E-state index contributed by atoms with van der Waals surface area (Å²) in [5.74, 6) is -3.35. The third-order valence-electron chi connectivity index (χ3n) is 15.4. The van der Waals surface area contributed by atoms with Crippen LogP contribution in [0.5, 0.6) is 51.7 Å². The number of fused-ring (bicyclic) bond motifs is 1. The summed E-state index contributed by atoms with van der Waals surface area (Å²) in [7, 11) is 3.88. The standard InChI is InChI=1S/C60H70O31/c1-24-55(91-42(65)14-8-25-5-10-29(11-6-25)84-58-51(74)48(71)45(68)39(89-58)22-81-41(64)13-9-26-7-12-31(63)34(15-26)78-2)50(73)54(77)57(83-24)82-23-40-46(69)49(72)53(76)60(90-40)87-37-20-30-32(85-56(37)27-16-35(79-3)43(66)36(17-27)80-4)18-28(62)19-33(30)86-59-52(75)47(70)44(67)38(21-61)88-59/h5-20,24,38-40,44-63,66-77H,21-23H2,1-4H3/b13-9+,14-8+/t24-,38-,39-,40-,44+,45+,46+,47+,48+,49-,50+,51-,52-,53-,54+,55+,56?,57-,58-,59-,60-/m1/s1. The molecule has 1 unspecified atom stereocenters. The lowest BCUT2D eigenvalue weighted by Crippen LogP contribution is -2.61. The molecule has 0 bridgehead atoms. The van der Waals surface area contributed by atoms with Crippen molar-refractivity contribution in [3.8, 4) is 51.7 Å². The van der Waals surface area contributed by atoms with Gasteiger partial charge in [-0.2, -0.15) is 0 Å². The first-order valence-corrected chi connectivity index (χ1v) is 28.2. The Kier molecular flexibility index (Phi) is 21.8. The molecule has 21 atom stereocenters. The van der Waals surface area contributed by atoms with Crippen LogP contribution in [0.3, 0.4) is 0 Å². The molecule has 4 saturated heterocycles. The van der Waals surface area contributed by atoms with Crippen molar-refractivity contribution in [3.63, 3.8) is 0 Å². The second-order valence-corrected chi connectivity index (χ2v) is 21.5. The molecule has 9 rings (SSSR count). The van der Waals surface area contributed by atoms with E-state index in [0.717, 1.165) is 18.2 Å². The van der Waals surface area contributed by atoms with E-state index in [0.29, 0.717) is 11.1 Å². The lowest BCUT2D eigenvalue weighted by atomic mass is 9.97. The topological polar surface area (TPSA) is 467 Å². The minimum absolute atomic E-state index is 0.0322. The second-order valence-electron chi connectivity index (χ2n) is 21.5. The number of carbonyl (C=O) groups is 2. The van der Waals surface area contributed by atoms with Gasteiger partial charge in [-0.05, 0) is 72.7 Å². The van der Waals surface area contributed by atoms with Crippen molar-refractivity contribution < 1.29 is 153 Å². The number of phenols is 3. The predicted molar refractivity (Wildman–Crippen MR) is 302 cm³/mol. The predicted octanol–water partition coefficient (Wildman–Crippen LogP) is -2.14. The number of carbonyl (C=O) groups excluding carboxylic acids is 2. The van der Waals surface area contributed by atoms with Crippen LogP contribution in [0.25, 0.3) is 18.2 Å². The fourth-order valence-corrected chi connectivity index (χ4v) is 10.2. The molecule has 0 radical (unpaired) electrons. The zero-order valence-electron chi connectivity index (χ0n) is 48.7. The molecule has 4 aromatic rings. The van der Waals surface area contributed by atoms with Gasteiger partial charge in [0.05, 0.1) is 46.2 Å². The molecule has 5 heterocycles. The fraction of sp³-hybridized carbons (Fsp3) is 0.467. The first-order chi connectivity index (χ1) is 43.4. The van der Waals surface area contributed by atoms with E-state index in [1.165, 1.54) is 107 Å². The molecule has 0 amide bonds. The number of benzene rings is 4. The van der Waals surface area contributed by atoms with Crippen molar-refractivity contribution in [2.45, 2.75) is 136 Å². The minimum Gasteiger partial charge on any atom is -0.508 e. The molecule has 0 spiro atoms. The van der Waals surface area contributed by atoms with Gasteiger partial charge < -0.3 is 143 Å². The largest absolute Gasteiger partial charge is 0.508 e. The Morgan fingerprint density at radius 3 is 1.68 bits per heavy atom. The number of rotatable bonds is 21. The highest BCUT2D eigenvalue weighted by atomic mass is 16.7. The van der Waals surface area contributed by atoms with Crippen LogP contribution in [0.2, 0.25) is 0 Å². The first-order valence-electron chi connectivity index (χ1n) is 28.2. The third-order valence-corrected chi connectivity index (χ3v) is 15.4.